The molecule has 0 spiro atoms. The summed E-state index contributed by atoms with van der Waals surface area (Å²) in [5, 5.41) is 16.8. The molecule has 31 heavy (non-hydrogen) atoms. The van der Waals surface area contributed by atoms with E-state index in [2.05, 4.69) is 15.4 Å². The first kappa shape index (κ1) is 22.0. The molecule has 0 atom stereocenters. The SMILES string of the molecule is COc1ccccc1NS(=O)(=O)c1ccc(NC(=S)Nc2ccc([N+](=O)[O-])cc2)cc1. The lowest BCUT2D eigenvalue weighted by atomic mass is 10.3. The van der Waals surface area contributed by atoms with Gasteiger partial charge in [0.15, 0.2) is 5.11 Å². The largest absolute Gasteiger partial charge is 0.495 e. The summed E-state index contributed by atoms with van der Waals surface area (Å²) in [4.78, 5) is 10.3. The number of rotatable bonds is 7. The van der Waals surface area contributed by atoms with Gasteiger partial charge in [0.2, 0.25) is 0 Å². The Balaban J connectivity index is 1.65. The quantitative estimate of drug-likeness (QED) is 0.273. The number of methoxy groups -OCH3 is 1. The number of para-hydroxylation sites is 2. The molecule has 0 saturated carbocycles. The molecule has 0 heterocycles. The molecule has 3 aromatic carbocycles. The highest BCUT2D eigenvalue weighted by atomic mass is 32.2. The van der Waals surface area contributed by atoms with Gasteiger partial charge in [0.05, 0.1) is 22.6 Å². The van der Waals surface area contributed by atoms with Gasteiger partial charge < -0.3 is 15.4 Å². The molecule has 0 unspecified atom stereocenters. The van der Waals surface area contributed by atoms with Crippen LogP contribution < -0.4 is 20.1 Å². The molecule has 0 aliphatic rings. The third kappa shape index (κ3) is 5.68. The van der Waals surface area contributed by atoms with Crippen molar-refractivity contribution in [3.8, 4) is 5.75 Å². The number of nitrogens with zero attached hydrogens (tertiary/aromatic N) is 1. The number of hydrogen-bond acceptors (Lipinski definition) is 6. The predicted molar refractivity (Wildman–Crippen MR) is 123 cm³/mol. The molecule has 160 valence electrons. The second kappa shape index (κ2) is 9.41. The number of ether oxygens (including phenoxy) is 1. The first-order valence-electron chi connectivity index (χ1n) is 8.87. The summed E-state index contributed by atoms with van der Waals surface area (Å²) in [6.07, 6.45) is 0. The Morgan fingerprint density at radius 1 is 0.935 bits per heavy atom. The molecule has 0 aliphatic heterocycles. The fraction of sp³-hybridized carbons (Fsp3) is 0.0500. The van der Waals surface area contributed by atoms with Crippen molar-refractivity contribution in [3.63, 3.8) is 0 Å². The van der Waals surface area contributed by atoms with E-state index in [0.29, 0.717) is 22.8 Å². The normalized spacial score (nSPS) is 10.7. The van der Waals surface area contributed by atoms with Crippen LogP contribution in [0.3, 0.4) is 0 Å². The zero-order chi connectivity index (χ0) is 22.4. The fourth-order valence-corrected chi connectivity index (χ4v) is 3.92. The van der Waals surface area contributed by atoms with E-state index < -0.39 is 14.9 Å². The number of hydrogen-bond donors (Lipinski definition) is 3. The number of sulfonamides is 1. The summed E-state index contributed by atoms with van der Waals surface area (Å²) in [5.41, 5.74) is 1.45. The fourth-order valence-electron chi connectivity index (χ4n) is 2.61. The van der Waals surface area contributed by atoms with Crippen LogP contribution in [-0.2, 0) is 10.0 Å². The third-order valence-electron chi connectivity index (χ3n) is 4.11. The highest BCUT2D eigenvalue weighted by molar-refractivity contribution is 7.92. The van der Waals surface area contributed by atoms with Crippen LogP contribution in [0.15, 0.2) is 77.7 Å². The molecule has 0 aromatic heterocycles. The average Bonchev–Trinajstić information content (AvgIpc) is 2.74. The Morgan fingerprint density at radius 3 is 2.03 bits per heavy atom. The monoisotopic (exact) mass is 458 g/mol. The zero-order valence-corrected chi connectivity index (χ0v) is 17.9. The standard InChI is InChI=1S/C20H18N4O5S2/c1-29-19-5-3-2-4-18(19)23-31(27,28)17-12-8-15(9-13-17)22-20(30)21-14-6-10-16(11-7-14)24(25)26/h2-13,23H,1H3,(H2,21,22,30). The van der Waals surface area contributed by atoms with Crippen molar-refractivity contribution in [2.24, 2.45) is 0 Å². The molecule has 0 fully saturated rings. The maximum atomic E-state index is 12.6. The van der Waals surface area contributed by atoms with Crippen molar-refractivity contribution in [1.29, 1.82) is 0 Å². The van der Waals surface area contributed by atoms with E-state index in [0.717, 1.165) is 0 Å². The zero-order valence-electron chi connectivity index (χ0n) is 16.2. The highest BCUT2D eigenvalue weighted by Crippen LogP contribution is 2.26. The van der Waals surface area contributed by atoms with Gasteiger partial charge in [0, 0.05) is 23.5 Å². The van der Waals surface area contributed by atoms with E-state index in [9.17, 15) is 18.5 Å². The summed E-state index contributed by atoms with van der Waals surface area (Å²) >= 11 is 5.22. The van der Waals surface area contributed by atoms with Gasteiger partial charge in [0.25, 0.3) is 15.7 Å². The van der Waals surface area contributed by atoms with Gasteiger partial charge in [-0.1, -0.05) is 12.1 Å². The average molecular weight is 459 g/mol. The lowest BCUT2D eigenvalue weighted by molar-refractivity contribution is -0.384. The van der Waals surface area contributed by atoms with Crippen molar-refractivity contribution in [2.45, 2.75) is 4.90 Å². The molecule has 3 rings (SSSR count). The minimum atomic E-state index is -3.81. The van der Waals surface area contributed by atoms with Crippen LogP contribution in [0.25, 0.3) is 0 Å². The molecule has 9 nitrogen and oxygen atoms in total. The van der Waals surface area contributed by atoms with Crippen LogP contribution in [0.4, 0.5) is 22.7 Å². The van der Waals surface area contributed by atoms with Crippen molar-refractivity contribution >= 4 is 50.1 Å². The molecule has 0 radical (unpaired) electrons. The summed E-state index contributed by atoms with van der Waals surface area (Å²) in [5.74, 6) is 0.409. The van der Waals surface area contributed by atoms with Crippen molar-refractivity contribution < 1.29 is 18.1 Å². The minimum absolute atomic E-state index is 0.0250. The van der Waals surface area contributed by atoms with E-state index in [4.69, 9.17) is 17.0 Å². The molecule has 0 saturated heterocycles. The van der Waals surface area contributed by atoms with E-state index in [1.807, 2.05) is 0 Å². The van der Waals surface area contributed by atoms with Gasteiger partial charge in [-0.15, -0.1) is 0 Å². The maximum Gasteiger partial charge on any atom is 0.269 e. The molecule has 0 bridgehead atoms. The first-order chi connectivity index (χ1) is 14.8. The summed E-state index contributed by atoms with van der Waals surface area (Å²) in [7, 11) is -2.35. The summed E-state index contributed by atoms with van der Waals surface area (Å²) in [6, 6.07) is 18.5. The van der Waals surface area contributed by atoms with Gasteiger partial charge in [-0.2, -0.15) is 0 Å². The minimum Gasteiger partial charge on any atom is -0.495 e. The van der Waals surface area contributed by atoms with E-state index in [1.165, 1.54) is 43.5 Å². The van der Waals surface area contributed by atoms with Crippen molar-refractivity contribution in [3.05, 3.63) is 82.9 Å². The van der Waals surface area contributed by atoms with Crippen molar-refractivity contribution in [2.75, 3.05) is 22.5 Å². The predicted octanol–water partition coefficient (Wildman–Crippen LogP) is 4.21. The van der Waals surface area contributed by atoms with E-state index >= 15 is 0 Å². The van der Waals surface area contributed by atoms with Gasteiger partial charge in [-0.3, -0.25) is 14.8 Å². The molecule has 3 N–H and O–H groups in total. The van der Waals surface area contributed by atoms with Gasteiger partial charge in [-0.05, 0) is 60.7 Å². The van der Waals surface area contributed by atoms with Crippen LogP contribution >= 0.6 is 12.2 Å². The van der Waals surface area contributed by atoms with Gasteiger partial charge in [-0.25, -0.2) is 8.42 Å². The van der Waals surface area contributed by atoms with Crippen LogP contribution in [0, 0.1) is 10.1 Å². The topological polar surface area (TPSA) is 123 Å². The molecular weight excluding hydrogens is 440 g/mol. The van der Waals surface area contributed by atoms with Crippen LogP contribution in [-0.4, -0.2) is 25.6 Å². The summed E-state index contributed by atoms with van der Waals surface area (Å²) in [6.45, 7) is 0. The Morgan fingerprint density at radius 2 is 1.48 bits per heavy atom. The Labute approximate surface area is 184 Å². The van der Waals surface area contributed by atoms with Crippen LogP contribution in [0.2, 0.25) is 0 Å². The Kier molecular flexibility index (Phi) is 6.68. The highest BCUT2D eigenvalue weighted by Gasteiger charge is 2.16. The van der Waals surface area contributed by atoms with E-state index in [-0.39, 0.29) is 15.7 Å². The molecular formula is C20H18N4O5S2. The smallest absolute Gasteiger partial charge is 0.269 e. The maximum absolute atomic E-state index is 12.6. The van der Waals surface area contributed by atoms with Crippen molar-refractivity contribution in [1.82, 2.24) is 0 Å². The number of thiocarbonyl (C=S) groups is 1. The molecule has 3 aromatic rings. The number of non-ortho nitro benzene ring substituents is 1. The first-order valence-corrected chi connectivity index (χ1v) is 10.8. The molecule has 11 heteroatoms. The summed E-state index contributed by atoms with van der Waals surface area (Å²) < 4.78 is 33.0. The lowest BCUT2D eigenvalue weighted by Crippen LogP contribution is -2.19. The van der Waals surface area contributed by atoms with E-state index in [1.54, 1.807) is 36.4 Å². The number of nitro benzene ring substituents is 1. The Bertz CT molecular complexity index is 1200. The molecule has 0 aliphatic carbocycles. The Hall–Kier alpha value is -3.70. The van der Waals surface area contributed by atoms with Crippen LogP contribution in [0.5, 0.6) is 5.75 Å². The third-order valence-corrected chi connectivity index (χ3v) is 5.70. The lowest BCUT2D eigenvalue weighted by Gasteiger charge is -2.13. The number of nitro groups is 1. The number of anilines is 3. The van der Waals surface area contributed by atoms with Crippen LogP contribution in [0.1, 0.15) is 0 Å². The van der Waals surface area contributed by atoms with Gasteiger partial charge in [0.1, 0.15) is 5.75 Å². The second-order valence-electron chi connectivity index (χ2n) is 6.21. The second-order valence-corrected chi connectivity index (χ2v) is 8.30. The number of benzene rings is 3. The van der Waals surface area contributed by atoms with Gasteiger partial charge >= 0.3 is 0 Å². The molecule has 0 amide bonds. The number of nitrogens with one attached hydrogen (secondary N) is 3.